The predicted molar refractivity (Wildman–Crippen MR) is 78.2 cm³/mol. The zero-order valence-corrected chi connectivity index (χ0v) is 12.3. The molecule has 1 aromatic carbocycles. The van der Waals surface area contributed by atoms with E-state index < -0.39 is 0 Å². The van der Waals surface area contributed by atoms with E-state index in [4.69, 9.17) is 0 Å². The van der Waals surface area contributed by atoms with Gasteiger partial charge in [-0.2, -0.15) is 0 Å². The number of benzene rings is 1. The molecule has 0 aromatic heterocycles. The Morgan fingerprint density at radius 3 is 2.44 bits per heavy atom. The van der Waals surface area contributed by atoms with Crippen LogP contribution >= 0.6 is 0 Å². The highest BCUT2D eigenvalue weighted by atomic mass is 16.1. The van der Waals surface area contributed by atoms with Crippen molar-refractivity contribution < 1.29 is 4.79 Å². The lowest BCUT2D eigenvalue weighted by molar-refractivity contribution is 0.0957. The molecule has 1 unspecified atom stereocenters. The van der Waals surface area contributed by atoms with Crippen molar-refractivity contribution in [2.75, 3.05) is 0 Å². The van der Waals surface area contributed by atoms with Gasteiger partial charge in [-0.15, -0.1) is 0 Å². The van der Waals surface area contributed by atoms with Crippen molar-refractivity contribution in [1.29, 1.82) is 0 Å². The van der Waals surface area contributed by atoms with Crippen LogP contribution in [0, 0.1) is 19.8 Å². The molecule has 1 rings (SSSR count). The first kappa shape index (κ1) is 14.9. The second-order valence-corrected chi connectivity index (χ2v) is 5.34. The summed E-state index contributed by atoms with van der Waals surface area (Å²) < 4.78 is 0. The molecule has 0 bridgehead atoms. The van der Waals surface area contributed by atoms with Gasteiger partial charge in [0.05, 0.1) is 0 Å². The van der Waals surface area contributed by atoms with E-state index >= 15 is 0 Å². The smallest absolute Gasteiger partial charge is 0.163 e. The van der Waals surface area contributed by atoms with Gasteiger partial charge in [0.25, 0.3) is 0 Å². The molecule has 1 heteroatoms. The zero-order valence-electron chi connectivity index (χ0n) is 12.3. The van der Waals surface area contributed by atoms with E-state index in [0.717, 1.165) is 12.0 Å². The molecule has 0 aliphatic rings. The monoisotopic (exact) mass is 246 g/mol. The summed E-state index contributed by atoms with van der Waals surface area (Å²) in [5.74, 6) is 0.861. The third-order valence-electron chi connectivity index (χ3n) is 3.85. The van der Waals surface area contributed by atoms with Crippen LogP contribution in [0.4, 0.5) is 0 Å². The van der Waals surface area contributed by atoms with Gasteiger partial charge in [-0.05, 0) is 37.0 Å². The van der Waals surface area contributed by atoms with Gasteiger partial charge in [-0.3, -0.25) is 4.79 Å². The molecule has 0 amide bonds. The molecule has 0 N–H and O–H groups in total. The first-order valence-electron chi connectivity index (χ1n) is 7.18. The maximum absolute atomic E-state index is 12.2. The Morgan fingerprint density at radius 2 is 1.89 bits per heavy atom. The Kier molecular flexibility index (Phi) is 6.11. The van der Waals surface area contributed by atoms with Gasteiger partial charge < -0.3 is 0 Å². The van der Waals surface area contributed by atoms with E-state index in [0.29, 0.717) is 18.1 Å². The SMILES string of the molecule is CCCCC(CC)CC(=O)c1ccc(C)c(C)c1. The Bertz CT molecular complexity index is 393. The van der Waals surface area contributed by atoms with Crippen LogP contribution in [0.3, 0.4) is 0 Å². The number of hydrogen-bond acceptors (Lipinski definition) is 1. The molecule has 18 heavy (non-hydrogen) atoms. The Hall–Kier alpha value is -1.11. The first-order chi connectivity index (χ1) is 8.58. The number of Topliss-reactive ketones (excluding diaryl/α,β-unsaturated/α-hetero) is 1. The average molecular weight is 246 g/mol. The van der Waals surface area contributed by atoms with Crippen LogP contribution in [-0.4, -0.2) is 5.78 Å². The minimum atomic E-state index is 0.307. The molecule has 0 saturated heterocycles. The molecular formula is C17H26O. The molecule has 1 atom stereocenters. The summed E-state index contributed by atoms with van der Waals surface area (Å²) in [4.78, 5) is 12.2. The van der Waals surface area contributed by atoms with E-state index in [2.05, 4.69) is 33.8 Å². The van der Waals surface area contributed by atoms with Gasteiger partial charge in [0.15, 0.2) is 5.78 Å². The predicted octanol–water partition coefficient (Wildman–Crippen LogP) is 5.09. The van der Waals surface area contributed by atoms with Crippen molar-refractivity contribution in [2.45, 2.75) is 59.8 Å². The van der Waals surface area contributed by atoms with Gasteiger partial charge in [-0.25, -0.2) is 0 Å². The Balaban J connectivity index is 2.65. The summed E-state index contributed by atoms with van der Waals surface area (Å²) in [5, 5.41) is 0. The van der Waals surface area contributed by atoms with E-state index in [1.54, 1.807) is 0 Å². The normalized spacial score (nSPS) is 12.4. The molecule has 0 fully saturated rings. The van der Waals surface area contributed by atoms with Crippen LogP contribution in [-0.2, 0) is 0 Å². The fraction of sp³-hybridized carbons (Fsp3) is 0.588. The Morgan fingerprint density at radius 1 is 1.17 bits per heavy atom. The van der Waals surface area contributed by atoms with Crippen molar-refractivity contribution >= 4 is 5.78 Å². The summed E-state index contributed by atoms with van der Waals surface area (Å²) in [5.41, 5.74) is 3.35. The zero-order chi connectivity index (χ0) is 13.5. The fourth-order valence-electron chi connectivity index (χ4n) is 2.24. The maximum Gasteiger partial charge on any atom is 0.163 e. The number of carbonyl (C=O) groups is 1. The lowest BCUT2D eigenvalue weighted by Gasteiger charge is -2.13. The lowest BCUT2D eigenvalue weighted by Crippen LogP contribution is -2.08. The van der Waals surface area contributed by atoms with Gasteiger partial charge >= 0.3 is 0 Å². The molecule has 0 spiro atoms. The second kappa shape index (κ2) is 7.35. The Labute approximate surface area is 112 Å². The summed E-state index contributed by atoms with van der Waals surface area (Å²) in [6.45, 7) is 8.55. The first-order valence-corrected chi connectivity index (χ1v) is 7.18. The lowest BCUT2D eigenvalue weighted by atomic mass is 9.91. The molecule has 0 heterocycles. The topological polar surface area (TPSA) is 17.1 Å². The van der Waals surface area contributed by atoms with Gasteiger partial charge in [0, 0.05) is 12.0 Å². The summed E-state index contributed by atoms with van der Waals surface area (Å²) in [7, 11) is 0. The van der Waals surface area contributed by atoms with Crippen molar-refractivity contribution in [3.05, 3.63) is 34.9 Å². The van der Waals surface area contributed by atoms with Crippen LogP contribution in [0.15, 0.2) is 18.2 Å². The van der Waals surface area contributed by atoms with E-state index in [1.165, 1.54) is 30.4 Å². The highest BCUT2D eigenvalue weighted by Crippen LogP contribution is 2.20. The molecule has 0 saturated carbocycles. The largest absolute Gasteiger partial charge is 0.294 e. The number of ketones is 1. The quantitative estimate of drug-likeness (QED) is 0.612. The molecular weight excluding hydrogens is 220 g/mol. The van der Waals surface area contributed by atoms with Crippen LogP contribution < -0.4 is 0 Å². The number of aryl methyl sites for hydroxylation is 2. The summed E-state index contributed by atoms with van der Waals surface area (Å²) in [6.07, 6.45) is 5.45. The number of carbonyl (C=O) groups excluding carboxylic acids is 1. The number of unbranched alkanes of at least 4 members (excludes halogenated alkanes) is 1. The van der Waals surface area contributed by atoms with Crippen LogP contribution in [0.25, 0.3) is 0 Å². The highest BCUT2D eigenvalue weighted by Gasteiger charge is 2.13. The van der Waals surface area contributed by atoms with Gasteiger partial charge in [0.1, 0.15) is 0 Å². The molecule has 0 aliphatic heterocycles. The molecule has 1 nitrogen and oxygen atoms in total. The molecule has 0 aliphatic carbocycles. The molecule has 100 valence electrons. The van der Waals surface area contributed by atoms with E-state index in [9.17, 15) is 4.79 Å². The van der Waals surface area contributed by atoms with Crippen molar-refractivity contribution in [1.82, 2.24) is 0 Å². The van der Waals surface area contributed by atoms with Crippen LogP contribution in [0.5, 0.6) is 0 Å². The van der Waals surface area contributed by atoms with Gasteiger partial charge in [0.2, 0.25) is 0 Å². The van der Waals surface area contributed by atoms with Gasteiger partial charge in [-0.1, -0.05) is 51.7 Å². The highest BCUT2D eigenvalue weighted by molar-refractivity contribution is 5.96. The van der Waals surface area contributed by atoms with E-state index in [-0.39, 0.29) is 0 Å². The van der Waals surface area contributed by atoms with Crippen molar-refractivity contribution in [3.8, 4) is 0 Å². The second-order valence-electron chi connectivity index (χ2n) is 5.34. The third-order valence-corrected chi connectivity index (χ3v) is 3.85. The molecule has 1 aromatic rings. The maximum atomic E-state index is 12.2. The minimum absolute atomic E-state index is 0.307. The van der Waals surface area contributed by atoms with Crippen molar-refractivity contribution in [2.24, 2.45) is 5.92 Å². The number of hydrogen-bond donors (Lipinski definition) is 0. The minimum Gasteiger partial charge on any atom is -0.294 e. The van der Waals surface area contributed by atoms with E-state index in [1.807, 2.05) is 12.1 Å². The molecule has 0 radical (unpaired) electrons. The third kappa shape index (κ3) is 4.29. The van der Waals surface area contributed by atoms with Crippen molar-refractivity contribution in [3.63, 3.8) is 0 Å². The van der Waals surface area contributed by atoms with Crippen LogP contribution in [0.2, 0.25) is 0 Å². The summed E-state index contributed by atoms with van der Waals surface area (Å²) in [6, 6.07) is 6.05. The summed E-state index contributed by atoms with van der Waals surface area (Å²) >= 11 is 0. The fourth-order valence-corrected chi connectivity index (χ4v) is 2.24. The average Bonchev–Trinajstić information content (AvgIpc) is 2.37. The number of rotatable bonds is 7. The standard InChI is InChI=1S/C17H26O/c1-5-7-8-15(6-2)12-17(18)16-10-9-13(3)14(4)11-16/h9-11,15H,5-8,12H2,1-4H3. The van der Waals surface area contributed by atoms with Crippen LogP contribution in [0.1, 0.15) is 67.4 Å².